The van der Waals surface area contributed by atoms with Gasteiger partial charge in [-0.25, -0.2) is 9.67 Å². The highest BCUT2D eigenvalue weighted by Gasteiger charge is 2.20. The van der Waals surface area contributed by atoms with Crippen LogP contribution in [0, 0.1) is 0 Å². The molecule has 2 fully saturated rings. The Morgan fingerprint density at radius 2 is 1.80 bits per heavy atom. The Morgan fingerprint density at radius 3 is 2.57 bits per heavy atom. The second-order valence-electron chi connectivity index (χ2n) is 8.25. The fourth-order valence-corrected chi connectivity index (χ4v) is 3.95. The molecule has 11 heteroatoms. The van der Waals surface area contributed by atoms with Gasteiger partial charge in [-0.1, -0.05) is 6.07 Å². The van der Waals surface area contributed by atoms with Crippen LogP contribution in [0.2, 0.25) is 0 Å². The van der Waals surface area contributed by atoms with Crippen LogP contribution in [0.3, 0.4) is 0 Å². The van der Waals surface area contributed by atoms with Crippen molar-refractivity contribution in [1.82, 2.24) is 24.6 Å². The number of amides is 1. The van der Waals surface area contributed by atoms with E-state index in [4.69, 9.17) is 14.2 Å². The average molecular weight is 480 g/mol. The van der Waals surface area contributed by atoms with Crippen molar-refractivity contribution in [2.24, 2.45) is 0 Å². The number of hydrogen-bond donors (Lipinski definition) is 1. The fourth-order valence-electron chi connectivity index (χ4n) is 3.95. The van der Waals surface area contributed by atoms with E-state index >= 15 is 0 Å². The van der Waals surface area contributed by atoms with Gasteiger partial charge in [0.05, 0.1) is 32.1 Å². The molecule has 5 rings (SSSR count). The summed E-state index contributed by atoms with van der Waals surface area (Å²) in [4.78, 5) is 26.6. The van der Waals surface area contributed by atoms with E-state index in [2.05, 4.69) is 25.3 Å². The fraction of sp³-hybridized carbons (Fsp3) is 0.417. The van der Waals surface area contributed by atoms with Gasteiger partial charge in [0.25, 0.3) is 5.91 Å². The van der Waals surface area contributed by atoms with Crippen molar-refractivity contribution >= 4 is 17.5 Å². The molecule has 35 heavy (non-hydrogen) atoms. The molecule has 1 aromatic carbocycles. The number of anilines is 2. The summed E-state index contributed by atoms with van der Waals surface area (Å²) < 4.78 is 18.5. The van der Waals surface area contributed by atoms with Gasteiger partial charge in [0.2, 0.25) is 11.8 Å². The monoisotopic (exact) mass is 479 g/mol. The molecule has 3 aromatic rings. The van der Waals surface area contributed by atoms with E-state index in [1.54, 1.807) is 16.9 Å². The Morgan fingerprint density at radius 1 is 1.00 bits per heavy atom. The first-order valence-electron chi connectivity index (χ1n) is 11.8. The first kappa shape index (κ1) is 23.2. The van der Waals surface area contributed by atoms with Gasteiger partial charge in [-0.2, -0.15) is 10.1 Å². The minimum Gasteiger partial charge on any atom is -0.476 e. The van der Waals surface area contributed by atoms with Crippen molar-refractivity contribution in [3.8, 4) is 11.6 Å². The highest BCUT2D eigenvalue weighted by atomic mass is 16.5. The molecule has 0 saturated carbocycles. The van der Waals surface area contributed by atoms with Crippen molar-refractivity contribution in [1.29, 1.82) is 0 Å². The number of aromatic nitrogens is 4. The summed E-state index contributed by atoms with van der Waals surface area (Å²) in [6, 6.07) is 10.9. The molecule has 1 N–H and O–H groups in total. The second-order valence-corrected chi connectivity index (χ2v) is 8.25. The van der Waals surface area contributed by atoms with E-state index in [0.29, 0.717) is 50.4 Å². The molecule has 2 aromatic heterocycles. The highest BCUT2D eigenvalue weighted by Crippen LogP contribution is 2.20. The van der Waals surface area contributed by atoms with Crippen LogP contribution in [0.5, 0.6) is 5.88 Å². The molecule has 0 bridgehead atoms. The summed E-state index contributed by atoms with van der Waals surface area (Å²) in [6.07, 6.45) is 3.56. The Bertz CT molecular complexity index is 1110. The Labute approximate surface area is 203 Å². The Hall–Kier alpha value is -3.54. The Balaban J connectivity index is 1.32. The molecule has 2 aliphatic heterocycles. The first-order valence-corrected chi connectivity index (χ1v) is 11.8. The van der Waals surface area contributed by atoms with E-state index in [1.807, 2.05) is 41.4 Å². The van der Waals surface area contributed by atoms with Crippen LogP contribution in [0.1, 0.15) is 10.5 Å². The third-order valence-corrected chi connectivity index (χ3v) is 5.85. The zero-order valence-electron chi connectivity index (χ0n) is 19.5. The number of carbonyl (C=O) groups excluding carboxylic acids is 1. The van der Waals surface area contributed by atoms with Crippen LogP contribution in [0.25, 0.3) is 5.69 Å². The number of rotatable bonds is 8. The van der Waals surface area contributed by atoms with Crippen molar-refractivity contribution < 1.29 is 19.0 Å². The number of morpholine rings is 2. The highest BCUT2D eigenvalue weighted by molar-refractivity contribution is 6.03. The molecule has 0 unspecified atom stereocenters. The number of ether oxygens (including phenoxy) is 3. The van der Waals surface area contributed by atoms with Gasteiger partial charge < -0.3 is 24.4 Å². The quantitative estimate of drug-likeness (QED) is 0.514. The van der Waals surface area contributed by atoms with E-state index in [1.165, 1.54) is 0 Å². The second kappa shape index (κ2) is 11.3. The summed E-state index contributed by atoms with van der Waals surface area (Å²) in [5.41, 5.74) is 1.73. The van der Waals surface area contributed by atoms with Gasteiger partial charge in [0, 0.05) is 56.9 Å². The largest absolute Gasteiger partial charge is 0.476 e. The number of nitrogens with zero attached hydrogens (tertiary/aromatic N) is 6. The minimum atomic E-state index is -0.336. The maximum atomic E-state index is 13.2. The van der Waals surface area contributed by atoms with Crippen molar-refractivity contribution in [3.63, 3.8) is 0 Å². The standard InChI is InChI=1S/C24H29N7O4/c32-23(26-19-3-1-4-20(17-19)31-6-2-5-25-31)21-18-22(35-16-9-29-7-12-33-13-8-29)28-24(27-21)30-10-14-34-15-11-30/h1-6,17-18H,7-16H2,(H,26,32). The molecule has 2 aliphatic rings. The SMILES string of the molecule is O=C(Nc1cccc(-n2cccn2)c1)c1cc(OCCN2CCOCC2)nc(N2CCOCC2)n1. The zero-order valence-corrected chi connectivity index (χ0v) is 19.5. The van der Waals surface area contributed by atoms with Crippen LogP contribution < -0.4 is 15.0 Å². The van der Waals surface area contributed by atoms with Crippen molar-refractivity contribution in [2.45, 2.75) is 0 Å². The Kier molecular flexibility index (Phi) is 7.47. The van der Waals surface area contributed by atoms with Crippen LogP contribution in [-0.2, 0) is 9.47 Å². The summed E-state index contributed by atoms with van der Waals surface area (Å²) in [6.45, 7) is 6.97. The number of nitrogens with one attached hydrogen (secondary N) is 1. The lowest BCUT2D eigenvalue weighted by molar-refractivity contribution is 0.0320. The van der Waals surface area contributed by atoms with E-state index < -0.39 is 0 Å². The predicted molar refractivity (Wildman–Crippen MR) is 129 cm³/mol. The van der Waals surface area contributed by atoms with Gasteiger partial charge in [-0.05, 0) is 24.3 Å². The number of benzene rings is 1. The maximum Gasteiger partial charge on any atom is 0.274 e. The van der Waals surface area contributed by atoms with Crippen LogP contribution in [0.4, 0.5) is 11.6 Å². The molecular formula is C24H29N7O4. The molecule has 0 spiro atoms. The molecule has 4 heterocycles. The van der Waals surface area contributed by atoms with Gasteiger partial charge in [-0.15, -0.1) is 0 Å². The van der Waals surface area contributed by atoms with E-state index in [-0.39, 0.29) is 11.6 Å². The topological polar surface area (TPSA) is 107 Å². The molecule has 2 saturated heterocycles. The molecule has 0 atom stereocenters. The third kappa shape index (κ3) is 6.13. The third-order valence-electron chi connectivity index (χ3n) is 5.85. The molecular weight excluding hydrogens is 450 g/mol. The molecule has 0 radical (unpaired) electrons. The molecule has 11 nitrogen and oxygen atoms in total. The van der Waals surface area contributed by atoms with Crippen molar-refractivity contribution in [2.75, 3.05) is 76.0 Å². The lowest BCUT2D eigenvalue weighted by Crippen LogP contribution is -2.39. The van der Waals surface area contributed by atoms with Crippen molar-refractivity contribution in [3.05, 3.63) is 54.5 Å². The number of carbonyl (C=O) groups is 1. The predicted octanol–water partition coefficient (Wildman–Crippen LogP) is 1.46. The van der Waals surface area contributed by atoms with Crippen LogP contribution in [-0.4, -0.2) is 96.3 Å². The normalized spacial score (nSPS) is 16.7. The average Bonchev–Trinajstić information content (AvgIpc) is 3.45. The minimum absolute atomic E-state index is 0.243. The maximum absolute atomic E-state index is 13.2. The van der Waals surface area contributed by atoms with E-state index in [9.17, 15) is 4.79 Å². The van der Waals surface area contributed by atoms with Gasteiger partial charge >= 0.3 is 0 Å². The summed E-state index contributed by atoms with van der Waals surface area (Å²) >= 11 is 0. The van der Waals surface area contributed by atoms with Crippen LogP contribution in [0.15, 0.2) is 48.8 Å². The summed E-state index contributed by atoms with van der Waals surface area (Å²) in [5.74, 6) is 0.510. The molecule has 1 amide bonds. The number of hydrogen-bond acceptors (Lipinski definition) is 9. The lowest BCUT2D eigenvalue weighted by Gasteiger charge is -2.27. The molecule has 184 valence electrons. The lowest BCUT2D eigenvalue weighted by atomic mass is 10.2. The summed E-state index contributed by atoms with van der Waals surface area (Å²) in [5, 5.41) is 7.18. The van der Waals surface area contributed by atoms with Gasteiger partial charge in [0.1, 0.15) is 12.3 Å². The smallest absolute Gasteiger partial charge is 0.274 e. The first-order chi connectivity index (χ1) is 17.2. The van der Waals surface area contributed by atoms with Crippen LogP contribution >= 0.6 is 0 Å². The van der Waals surface area contributed by atoms with Gasteiger partial charge in [-0.3, -0.25) is 9.69 Å². The van der Waals surface area contributed by atoms with E-state index in [0.717, 1.165) is 38.5 Å². The summed E-state index contributed by atoms with van der Waals surface area (Å²) in [7, 11) is 0. The van der Waals surface area contributed by atoms with Gasteiger partial charge in [0.15, 0.2) is 0 Å². The zero-order chi connectivity index (χ0) is 23.9. The molecule has 0 aliphatic carbocycles.